The fourth-order valence-electron chi connectivity index (χ4n) is 10.8. The van der Waals surface area contributed by atoms with Crippen molar-refractivity contribution in [3.8, 4) is 0 Å². The van der Waals surface area contributed by atoms with Crippen LogP contribution in [0.3, 0.4) is 0 Å². The Kier molecular flexibility index (Phi) is 60.3. The third kappa shape index (κ3) is 66.5. The van der Waals surface area contributed by atoms with Gasteiger partial charge >= 0.3 is 39.5 Å². The minimum Gasteiger partial charge on any atom is -0.462 e. The molecule has 0 radical (unpaired) electrons. The third-order valence-electron chi connectivity index (χ3n) is 16.6. The number of aliphatic hydroxyl groups excluding tert-OH is 1. The van der Waals surface area contributed by atoms with Gasteiger partial charge in [-0.05, 0) is 49.4 Å². The van der Waals surface area contributed by atoms with Crippen LogP contribution in [0.1, 0.15) is 357 Å². The number of rotatable bonds is 69. The lowest BCUT2D eigenvalue weighted by molar-refractivity contribution is -0.161. The van der Waals surface area contributed by atoms with Gasteiger partial charge in [0.15, 0.2) is 12.2 Å². The largest absolute Gasteiger partial charge is 0.472 e. The number of phosphoric ester groups is 2. The van der Waals surface area contributed by atoms with Crippen molar-refractivity contribution in [2.75, 3.05) is 39.6 Å². The number of esters is 4. The van der Waals surface area contributed by atoms with E-state index in [2.05, 4.69) is 55.4 Å². The van der Waals surface area contributed by atoms with Gasteiger partial charge in [0.2, 0.25) is 0 Å². The van der Waals surface area contributed by atoms with Gasteiger partial charge in [-0.2, -0.15) is 0 Å². The second-order valence-electron chi connectivity index (χ2n) is 27.9. The topological polar surface area (TPSA) is 237 Å². The van der Waals surface area contributed by atoms with E-state index in [9.17, 15) is 43.2 Å². The number of aliphatic hydroxyl groups is 1. The second kappa shape index (κ2) is 61.6. The molecule has 0 aromatic carbocycles. The highest BCUT2D eigenvalue weighted by Gasteiger charge is 2.30. The van der Waals surface area contributed by atoms with Crippen molar-refractivity contribution in [2.24, 2.45) is 23.7 Å². The minimum atomic E-state index is -4.95. The molecule has 91 heavy (non-hydrogen) atoms. The van der Waals surface area contributed by atoms with Crippen LogP contribution in [0.2, 0.25) is 0 Å². The summed E-state index contributed by atoms with van der Waals surface area (Å²) in [5.41, 5.74) is 0. The molecule has 0 saturated carbocycles. The van der Waals surface area contributed by atoms with E-state index in [1.807, 2.05) is 0 Å². The Balaban J connectivity index is 5.26. The first-order valence-corrected chi connectivity index (χ1v) is 40.2. The van der Waals surface area contributed by atoms with Crippen molar-refractivity contribution < 1.29 is 80.2 Å². The van der Waals surface area contributed by atoms with Crippen LogP contribution in [0.4, 0.5) is 0 Å². The van der Waals surface area contributed by atoms with E-state index in [0.717, 1.165) is 114 Å². The van der Waals surface area contributed by atoms with Crippen molar-refractivity contribution >= 4 is 39.5 Å². The summed E-state index contributed by atoms with van der Waals surface area (Å²) in [6.45, 7) is 14.1. The van der Waals surface area contributed by atoms with Crippen LogP contribution < -0.4 is 0 Å². The normalized spacial score (nSPS) is 14.2. The molecule has 0 heterocycles. The lowest BCUT2D eigenvalue weighted by Crippen LogP contribution is -2.30. The van der Waals surface area contributed by atoms with Gasteiger partial charge in [-0.3, -0.25) is 37.3 Å². The van der Waals surface area contributed by atoms with E-state index in [1.54, 1.807) is 0 Å². The van der Waals surface area contributed by atoms with Gasteiger partial charge in [-0.15, -0.1) is 0 Å². The molecule has 17 nitrogen and oxygen atoms in total. The fourth-order valence-corrected chi connectivity index (χ4v) is 12.4. The zero-order chi connectivity index (χ0) is 67.5. The second-order valence-corrected chi connectivity index (χ2v) is 30.8. The van der Waals surface area contributed by atoms with E-state index in [4.69, 9.17) is 37.0 Å². The Bertz CT molecular complexity index is 1800. The van der Waals surface area contributed by atoms with Gasteiger partial charge < -0.3 is 33.8 Å². The molecule has 0 bridgehead atoms. The van der Waals surface area contributed by atoms with Crippen molar-refractivity contribution in [1.29, 1.82) is 0 Å². The maximum absolute atomic E-state index is 13.0. The minimum absolute atomic E-state index is 0.105. The zero-order valence-corrected chi connectivity index (χ0v) is 61.3. The molecule has 3 N–H and O–H groups in total. The third-order valence-corrected chi connectivity index (χ3v) is 18.5. The van der Waals surface area contributed by atoms with Crippen LogP contribution in [0, 0.1) is 23.7 Å². The molecule has 0 aliphatic carbocycles. The van der Waals surface area contributed by atoms with Gasteiger partial charge in [0.05, 0.1) is 26.4 Å². The van der Waals surface area contributed by atoms with Gasteiger partial charge in [0.25, 0.3) is 0 Å². The van der Waals surface area contributed by atoms with Crippen LogP contribution in [0.25, 0.3) is 0 Å². The molecule has 0 fully saturated rings. The smallest absolute Gasteiger partial charge is 0.462 e. The van der Waals surface area contributed by atoms with Crippen molar-refractivity contribution in [1.82, 2.24) is 0 Å². The number of carbonyl (C=O) groups is 4. The number of carbonyl (C=O) groups excluding carboxylic acids is 4. The Morgan fingerprint density at radius 2 is 0.462 bits per heavy atom. The maximum atomic E-state index is 13.0. The summed E-state index contributed by atoms with van der Waals surface area (Å²) < 4.78 is 68.4. The molecular weight excluding hydrogens is 1200 g/mol. The highest BCUT2D eigenvalue weighted by atomic mass is 31.2. The molecule has 0 aromatic rings. The SMILES string of the molecule is CC(C)CCCCCCCCCCCCCC(=O)OC[C@H](COP(=O)(O)OCC(O)COP(=O)(O)OC[C@@H](COC(=O)CCCCCCCCCC(C)C)OC(=O)CCCCCCCCCCCCCC(C)C)OC(=O)CCCCCCCCCCCCC(C)C. The van der Waals surface area contributed by atoms with E-state index in [0.29, 0.717) is 31.6 Å². The van der Waals surface area contributed by atoms with Gasteiger partial charge in [-0.25, -0.2) is 9.13 Å². The van der Waals surface area contributed by atoms with Crippen LogP contribution in [-0.2, 0) is 65.4 Å². The quantitative estimate of drug-likeness (QED) is 0.0222. The summed E-state index contributed by atoms with van der Waals surface area (Å²) in [5, 5.41) is 10.6. The molecular formula is C72H140O17P2. The Morgan fingerprint density at radius 1 is 0.275 bits per heavy atom. The molecule has 0 aliphatic rings. The molecule has 19 heteroatoms. The lowest BCUT2D eigenvalue weighted by atomic mass is 10.0. The molecule has 0 saturated heterocycles. The van der Waals surface area contributed by atoms with Crippen molar-refractivity contribution in [2.45, 2.75) is 375 Å². The average molecular weight is 1340 g/mol. The monoisotopic (exact) mass is 1340 g/mol. The molecule has 3 unspecified atom stereocenters. The van der Waals surface area contributed by atoms with Gasteiger partial charge in [0, 0.05) is 25.7 Å². The van der Waals surface area contributed by atoms with Crippen LogP contribution >= 0.6 is 15.6 Å². The standard InChI is InChI=1S/C72H140O17P2/c1-62(2)48-40-32-24-17-11-9-13-20-28-36-44-52-69(74)82-58-67(88-72(77)55-47-39-30-22-16-15-19-26-34-42-50-64(5)6)60-86-90(78,79)84-56-66(73)57-85-91(80,81)87-61-68(59-83-70(75)53-45-37-31-23-27-35-43-51-65(7)8)89-71(76)54-46-38-29-21-14-10-12-18-25-33-41-49-63(3)4/h62-68,73H,9-61H2,1-8H3,(H,78,79)(H,80,81)/t66?,67-,68-/m1/s1. The average Bonchev–Trinajstić information content (AvgIpc) is 3.62. The first-order valence-electron chi connectivity index (χ1n) is 37.2. The molecule has 0 rings (SSSR count). The molecule has 0 amide bonds. The van der Waals surface area contributed by atoms with E-state index in [1.165, 1.54) is 154 Å². The van der Waals surface area contributed by atoms with Crippen LogP contribution in [-0.4, -0.2) is 96.7 Å². The highest BCUT2D eigenvalue weighted by molar-refractivity contribution is 7.47. The van der Waals surface area contributed by atoms with E-state index >= 15 is 0 Å². The maximum Gasteiger partial charge on any atom is 0.472 e. The summed E-state index contributed by atoms with van der Waals surface area (Å²) in [6.07, 6.45) is 44.4. The first kappa shape index (κ1) is 89.1. The number of hydrogen-bond acceptors (Lipinski definition) is 15. The van der Waals surface area contributed by atoms with E-state index < -0.39 is 97.5 Å². The van der Waals surface area contributed by atoms with Crippen LogP contribution in [0.5, 0.6) is 0 Å². The first-order chi connectivity index (χ1) is 43.6. The summed E-state index contributed by atoms with van der Waals surface area (Å²) >= 11 is 0. The van der Waals surface area contributed by atoms with Gasteiger partial charge in [-0.1, -0.05) is 306 Å². The number of unbranched alkanes of at least 4 members (excludes halogenated alkanes) is 35. The van der Waals surface area contributed by atoms with Crippen LogP contribution in [0.15, 0.2) is 0 Å². The molecule has 0 spiro atoms. The fraction of sp³-hybridized carbons (Fsp3) is 0.944. The molecule has 5 atom stereocenters. The lowest BCUT2D eigenvalue weighted by Gasteiger charge is -2.21. The number of phosphoric acid groups is 2. The van der Waals surface area contributed by atoms with Crippen molar-refractivity contribution in [3.63, 3.8) is 0 Å². The molecule has 540 valence electrons. The summed E-state index contributed by atoms with van der Waals surface area (Å²) in [5.74, 6) is 0.867. The number of ether oxygens (including phenoxy) is 4. The molecule has 0 aromatic heterocycles. The summed E-state index contributed by atoms with van der Waals surface area (Å²) in [6, 6.07) is 0. The predicted molar refractivity (Wildman–Crippen MR) is 367 cm³/mol. The Labute approximate surface area is 556 Å². The number of hydrogen-bond donors (Lipinski definition) is 3. The van der Waals surface area contributed by atoms with E-state index in [-0.39, 0.29) is 25.7 Å². The van der Waals surface area contributed by atoms with Gasteiger partial charge in [0.1, 0.15) is 19.3 Å². The Hall–Kier alpha value is -1.94. The predicted octanol–water partition coefficient (Wildman–Crippen LogP) is 20.5. The highest BCUT2D eigenvalue weighted by Crippen LogP contribution is 2.45. The van der Waals surface area contributed by atoms with Crippen molar-refractivity contribution in [3.05, 3.63) is 0 Å². The Morgan fingerprint density at radius 3 is 0.681 bits per heavy atom. The molecule has 0 aliphatic heterocycles. The zero-order valence-electron chi connectivity index (χ0n) is 59.5. The summed E-state index contributed by atoms with van der Waals surface area (Å²) in [7, 11) is -9.91. The summed E-state index contributed by atoms with van der Waals surface area (Å²) in [4.78, 5) is 72.6.